The summed E-state index contributed by atoms with van der Waals surface area (Å²) in [7, 11) is -4.16. The molecule has 2 N–H and O–H groups in total. The molecule has 0 spiro atoms. The van der Waals surface area contributed by atoms with E-state index in [1.54, 1.807) is 30.5 Å². The predicted molar refractivity (Wildman–Crippen MR) is 122 cm³/mol. The van der Waals surface area contributed by atoms with Gasteiger partial charge in [0.1, 0.15) is 16.5 Å². The zero-order valence-electron chi connectivity index (χ0n) is 17.1. The number of halogens is 2. The molecule has 3 heterocycles. The maximum absolute atomic E-state index is 14.0. The molecule has 0 amide bonds. The van der Waals surface area contributed by atoms with Crippen molar-refractivity contribution in [2.24, 2.45) is 0 Å². The van der Waals surface area contributed by atoms with Gasteiger partial charge in [0.15, 0.2) is 11.5 Å². The zero-order valence-corrected chi connectivity index (χ0v) is 18.7. The molecule has 12 heteroatoms. The molecule has 2 aromatic carbocycles. The first-order valence-electron chi connectivity index (χ1n) is 10.0. The minimum absolute atomic E-state index is 0.120. The highest BCUT2D eigenvalue weighted by Gasteiger charge is 2.21. The minimum atomic E-state index is -4.16. The third-order valence-corrected chi connectivity index (χ3v) is 6.81. The fraction of sp³-hybridized carbons (Fsp3) is 0.190. The summed E-state index contributed by atoms with van der Waals surface area (Å²) in [5.41, 5.74) is 1.54. The van der Waals surface area contributed by atoms with E-state index < -0.39 is 20.7 Å². The van der Waals surface area contributed by atoms with Crippen LogP contribution in [0.25, 0.3) is 22.4 Å². The van der Waals surface area contributed by atoms with E-state index in [0.29, 0.717) is 43.3 Å². The second-order valence-corrected chi connectivity index (χ2v) is 9.45. The number of H-pyrrole nitrogens is 1. The van der Waals surface area contributed by atoms with Gasteiger partial charge in [0, 0.05) is 29.4 Å². The SMILES string of the molecule is O=S(=O)(Nc1ccc(-c2nc(N3CCOCC3)c3cn[nH]c3n2)cc1)c1cc(Cl)ccc1F. The third-order valence-electron chi connectivity index (χ3n) is 5.18. The Kier molecular flexibility index (Phi) is 5.60. The lowest BCUT2D eigenvalue weighted by molar-refractivity contribution is 0.122. The number of hydrogen-bond donors (Lipinski definition) is 2. The van der Waals surface area contributed by atoms with E-state index in [0.717, 1.165) is 23.3 Å². The number of rotatable bonds is 5. The van der Waals surface area contributed by atoms with Crippen LogP contribution in [0.2, 0.25) is 5.02 Å². The van der Waals surface area contributed by atoms with Gasteiger partial charge in [-0.05, 0) is 42.5 Å². The Hall–Kier alpha value is -3.28. The van der Waals surface area contributed by atoms with Gasteiger partial charge in [0.05, 0.1) is 24.8 Å². The van der Waals surface area contributed by atoms with Crippen molar-refractivity contribution in [2.75, 3.05) is 35.9 Å². The molecule has 0 saturated carbocycles. The smallest absolute Gasteiger partial charge is 0.264 e. The quantitative estimate of drug-likeness (QED) is 0.442. The molecule has 33 heavy (non-hydrogen) atoms. The van der Waals surface area contributed by atoms with Crippen LogP contribution in [0, 0.1) is 5.82 Å². The Labute approximate surface area is 193 Å². The number of sulfonamides is 1. The summed E-state index contributed by atoms with van der Waals surface area (Å²) in [4.78, 5) is 10.9. The number of ether oxygens (including phenoxy) is 1. The van der Waals surface area contributed by atoms with Gasteiger partial charge in [0.2, 0.25) is 0 Å². The molecule has 0 aliphatic carbocycles. The Bertz CT molecular complexity index is 1420. The summed E-state index contributed by atoms with van der Waals surface area (Å²) >= 11 is 5.83. The van der Waals surface area contributed by atoms with E-state index in [-0.39, 0.29) is 10.7 Å². The molecular formula is C21H18ClFN6O3S. The lowest BCUT2D eigenvalue weighted by Gasteiger charge is -2.28. The summed E-state index contributed by atoms with van der Waals surface area (Å²) in [6, 6.07) is 9.85. The average Bonchev–Trinajstić information content (AvgIpc) is 3.29. The number of nitrogens with zero attached hydrogens (tertiary/aromatic N) is 4. The topological polar surface area (TPSA) is 113 Å². The largest absolute Gasteiger partial charge is 0.378 e. The van der Waals surface area contributed by atoms with E-state index >= 15 is 0 Å². The summed E-state index contributed by atoms with van der Waals surface area (Å²) in [5, 5.41) is 7.90. The van der Waals surface area contributed by atoms with Crippen molar-refractivity contribution >= 4 is 44.2 Å². The summed E-state index contributed by atoms with van der Waals surface area (Å²) < 4.78 is 47.0. The number of benzene rings is 2. The van der Waals surface area contributed by atoms with Crippen LogP contribution in [0.1, 0.15) is 0 Å². The van der Waals surface area contributed by atoms with E-state index in [2.05, 4.69) is 24.8 Å². The van der Waals surface area contributed by atoms with Crippen LogP contribution in [-0.2, 0) is 14.8 Å². The fourth-order valence-corrected chi connectivity index (χ4v) is 4.95. The highest BCUT2D eigenvalue weighted by Crippen LogP contribution is 2.28. The van der Waals surface area contributed by atoms with E-state index in [1.165, 1.54) is 6.07 Å². The second kappa shape index (κ2) is 8.58. The monoisotopic (exact) mass is 488 g/mol. The van der Waals surface area contributed by atoms with Gasteiger partial charge in [-0.1, -0.05) is 11.6 Å². The summed E-state index contributed by atoms with van der Waals surface area (Å²) in [5.74, 6) is 0.331. The van der Waals surface area contributed by atoms with Gasteiger partial charge < -0.3 is 9.64 Å². The Morgan fingerprint density at radius 2 is 1.85 bits per heavy atom. The predicted octanol–water partition coefficient (Wildman–Crippen LogP) is 3.45. The molecule has 2 aromatic heterocycles. The van der Waals surface area contributed by atoms with Crippen molar-refractivity contribution < 1.29 is 17.5 Å². The number of aromatic amines is 1. The number of fused-ring (bicyclic) bond motifs is 1. The van der Waals surface area contributed by atoms with Gasteiger partial charge >= 0.3 is 0 Å². The van der Waals surface area contributed by atoms with Crippen molar-refractivity contribution in [2.45, 2.75) is 4.90 Å². The molecule has 9 nitrogen and oxygen atoms in total. The highest BCUT2D eigenvalue weighted by molar-refractivity contribution is 7.92. The van der Waals surface area contributed by atoms with Crippen LogP contribution in [0.5, 0.6) is 0 Å². The molecule has 170 valence electrons. The number of aromatic nitrogens is 4. The molecule has 0 bridgehead atoms. The minimum Gasteiger partial charge on any atom is -0.378 e. The first-order valence-corrected chi connectivity index (χ1v) is 11.9. The van der Waals surface area contributed by atoms with E-state index in [1.807, 2.05) is 0 Å². The lowest BCUT2D eigenvalue weighted by Crippen LogP contribution is -2.37. The first kappa shape index (κ1) is 21.6. The molecule has 5 rings (SSSR count). The van der Waals surface area contributed by atoms with Crippen molar-refractivity contribution in [3.05, 3.63) is 59.5 Å². The van der Waals surface area contributed by atoms with Crippen LogP contribution in [0.15, 0.2) is 53.6 Å². The third kappa shape index (κ3) is 4.34. The lowest BCUT2D eigenvalue weighted by atomic mass is 10.2. The Balaban J connectivity index is 1.44. The molecule has 1 fully saturated rings. The molecule has 1 aliphatic rings. The maximum Gasteiger partial charge on any atom is 0.264 e. The van der Waals surface area contributed by atoms with Gasteiger partial charge in [-0.2, -0.15) is 5.10 Å². The summed E-state index contributed by atoms with van der Waals surface area (Å²) in [6.45, 7) is 2.64. The maximum atomic E-state index is 14.0. The molecule has 0 atom stereocenters. The molecule has 1 saturated heterocycles. The van der Waals surface area contributed by atoms with Crippen molar-refractivity contribution in [1.29, 1.82) is 0 Å². The molecule has 0 radical (unpaired) electrons. The first-order chi connectivity index (χ1) is 15.9. The van der Waals surface area contributed by atoms with Gasteiger partial charge in [0.25, 0.3) is 10.0 Å². The van der Waals surface area contributed by atoms with Crippen LogP contribution in [-0.4, -0.2) is 54.9 Å². The normalized spacial score (nSPS) is 14.5. The summed E-state index contributed by atoms with van der Waals surface area (Å²) in [6.07, 6.45) is 1.69. The Morgan fingerprint density at radius 3 is 2.61 bits per heavy atom. The van der Waals surface area contributed by atoms with Gasteiger partial charge in [-0.25, -0.2) is 22.8 Å². The second-order valence-electron chi connectivity index (χ2n) is 7.36. The average molecular weight is 489 g/mol. The number of nitrogens with one attached hydrogen (secondary N) is 2. The van der Waals surface area contributed by atoms with Gasteiger partial charge in [-0.15, -0.1) is 0 Å². The van der Waals surface area contributed by atoms with Crippen LogP contribution < -0.4 is 9.62 Å². The molecule has 1 aliphatic heterocycles. The van der Waals surface area contributed by atoms with Crippen molar-refractivity contribution in [1.82, 2.24) is 20.2 Å². The Morgan fingerprint density at radius 1 is 1.09 bits per heavy atom. The fourth-order valence-electron chi connectivity index (χ4n) is 3.55. The number of morpholine rings is 1. The number of hydrogen-bond acceptors (Lipinski definition) is 7. The van der Waals surface area contributed by atoms with Crippen LogP contribution in [0.3, 0.4) is 0 Å². The standard InChI is InChI=1S/C21H18ClFN6O3S/c22-14-3-6-17(23)18(11-14)33(30,31)28-15-4-1-13(2-5-15)19-25-20-16(12-24-27-20)21(26-19)29-7-9-32-10-8-29/h1-6,11-12,28H,7-10H2,(H,24,25,26,27). The number of anilines is 2. The van der Waals surface area contributed by atoms with E-state index in [4.69, 9.17) is 21.3 Å². The zero-order chi connectivity index (χ0) is 23.0. The van der Waals surface area contributed by atoms with Gasteiger partial charge in [-0.3, -0.25) is 9.82 Å². The van der Waals surface area contributed by atoms with Crippen molar-refractivity contribution in [3.8, 4) is 11.4 Å². The van der Waals surface area contributed by atoms with Crippen molar-refractivity contribution in [3.63, 3.8) is 0 Å². The molecular weight excluding hydrogens is 471 g/mol. The molecule has 4 aromatic rings. The highest BCUT2D eigenvalue weighted by atomic mass is 35.5. The van der Waals surface area contributed by atoms with Crippen LogP contribution in [0.4, 0.5) is 15.9 Å². The van der Waals surface area contributed by atoms with Crippen LogP contribution >= 0.6 is 11.6 Å². The van der Waals surface area contributed by atoms with E-state index in [9.17, 15) is 12.8 Å². The molecule has 0 unspecified atom stereocenters.